The summed E-state index contributed by atoms with van der Waals surface area (Å²) >= 11 is 3.46. The van der Waals surface area contributed by atoms with Gasteiger partial charge >= 0.3 is 0 Å². The number of ether oxygens (including phenoxy) is 1. The zero-order valence-corrected chi connectivity index (χ0v) is 11.4. The standard InChI is InChI=1S/C12H19BrN2O/c1-9(2)8-16-6-5-15-12-4-3-10(14)7-11(12)13/h3-4,7,9,15H,5-6,8,14H2,1-2H3. The average molecular weight is 287 g/mol. The summed E-state index contributed by atoms with van der Waals surface area (Å²) in [5.41, 5.74) is 7.46. The molecule has 0 fully saturated rings. The normalized spacial score (nSPS) is 10.8. The van der Waals surface area contributed by atoms with Gasteiger partial charge in [-0.05, 0) is 40.0 Å². The number of benzene rings is 1. The Morgan fingerprint density at radius 2 is 2.19 bits per heavy atom. The average Bonchev–Trinajstić information content (AvgIpc) is 2.20. The summed E-state index contributed by atoms with van der Waals surface area (Å²) in [5.74, 6) is 0.586. The maximum Gasteiger partial charge on any atom is 0.0639 e. The molecule has 16 heavy (non-hydrogen) atoms. The van der Waals surface area contributed by atoms with E-state index in [4.69, 9.17) is 10.5 Å². The second-order valence-corrected chi connectivity index (χ2v) is 4.99. The van der Waals surface area contributed by atoms with Gasteiger partial charge in [-0.15, -0.1) is 0 Å². The first kappa shape index (κ1) is 13.3. The van der Waals surface area contributed by atoms with Gasteiger partial charge < -0.3 is 15.8 Å². The summed E-state index contributed by atoms with van der Waals surface area (Å²) in [6.45, 7) is 6.61. The van der Waals surface area contributed by atoms with Gasteiger partial charge in [-0.25, -0.2) is 0 Å². The molecule has 0 spiro atoms. The molecular weight excluding hydrogens is 268 g/mol. The van der Waals surface area contributed by atoms with Gasteiger partial charge in [0.05, 0.1) is 6.61 Å². The third-order valence-corrected chi connectivity index (χ3v) is 2.66. The number of hydrogen-bond acceptors (Lipinski definition) is 3. The number of hydrogen-bond donors (Lipinski definition) is 2. The summed E-state index contributed by atoms with van der Waals surface area (Å²) in [5, 5.41) is 3.29. The van der Waals surface area contributed by atoms with Gasteiger partial charge in [-0.1, -0.05) is 13.8 Å². The molecule has 90 valence electrons. The van der Waals surface area contributed by atoms with E-state index >= 15 is 0 Å². The van der Waals surface area contributed by atoms with Crippen LogP contribution < -0.4 is 11.1 Å². The van der Waals surface area contributed by atoms with E-state index in [2.05, 4.69) is 35.1 Å². The first-order valence-corrected chi connectivity index (χ1v) is 6.25. The van der Waals surface area contributed by atoms with Gasteiger partial charge in [0.15, 0.2) is 0 Å². The number of nitrogens with two attached hydrogens (primary N) is 1. The molecule has 0 amide bonds. The lowest BCUT2D eigenvalue weighted by atomic mass is 10.2. The molecule has 0 heterocycles. The number of nitrogen functional groups attached to an aromatic ring is 1. The van der Waals surface area contributed by atoms with Crippen molar-refractivity contribution in [1.82, 2.24) is 0 Å². The highest BCUT2D eigenvalue weighted by Gasteiger charge is 1.99. The van der Waals surface area contributed by atoms with E-state index in [9.17, 15) is 0 Å². The molecule has 0 bridgehead atoms. The minimum absolute atomic E-state index is 0.586. The molecule has 0 aliphatic rings. The van der Waals surface area contributed by atoms with Crippen LogP contribution in [0.15, 0.2) is 22.7 Å². The van der Waals surface area contributed by atoms with Crippen LogP contribution in [0.25, 0.3) is 0 Å². The van der Waals surface area contributed by atoms with Crippen molar-refractivity contribution in [1.29, 1.82) is 0 Å². The summed E-state index contributed by atoms with van der Waals surface area (Å²) in [4.78, 5) is 0. The van der Waals surface area contributed by atoms with Crippen LogP contribution in [0.2, 0.25) is 0 Å². The minimum Gasteiger partial charge on any atom is -0.399 e. The Balaban J connectivity index is 2.27. The van der Waals surface area contributed by atoms with Crippen LogP contribution in [-0.4, -0.2) is 19.8 Å². The summed E-state index contributed by atoms with van der Waals surface area (Å²) in [6, 6.07) is 5.72. The van der Waals surface area contributed by atoms with Gasteiger partial charge in [0.2, 0.25) is 0 Å². The molecule has 0 saturated heterocycles. The maximum absolute atomic E-state index is 5.65. The van der Waals surface area contributed by atoms with Crippen LogP contribution in [0, 0.1) is 5.92 Å². The molecule has 1 aromatic carbocycles. The molecule has 0 unspecified atom stereocenters. The predicted octanol–water partition coefficient (Wildman–Crippen LogP) is 3.12. The van der Waals surface area contributed by atoms with Crippen molar-refractivity contribution in [3.63, 3.8) is 0 Å². The molecule has 1 rings (SSSR count). The first-order chi connectivity index (χ1) is 7.59. The fourth-order valence-electron chi connectivity index (χ4n) is 1.25. The second kappa shape index (κ2) is 6.76. The van der Waals surface area contributed by atoms with Crippen molar-refractivity contribution >= 4 is 27.3 Å². The monoisotopic (exact) mass is 286 g/mol. The Bertz CT molecular complexity index is 329. The number of halogens is 1. The quantitative estimate of drug-likeness (QED) is 0.624. The zero-order valence-electron chi connectivity index (χ0n) is 9.79. The van der Waals surface area contributed by atoms with Gasteiger partial charge in [-0.3, -0.25) is 0 Å². The Kier molecular flexibility index (Phi) is 5.63. The van der Waals surface area contributed by atoms with E-state index in [-0.39, 0.29) is 0 Å². The van der Waals surface area contributed by atoms with Crippen LogP contribution in [0.5, 0.6) is 0 Å². The highest BCUT2D eigenvalue weighted by molar-refractivity contribution is 9.10. The summed E-state index contributed by atoms with van der Waals surface area (Å²) in [6.07, 6.45) is 0. The lowest BCUT2D eigenvalue weighted by Gasteiger charge is -2.10. The number of nitrogens with one attached hydrogen (secondary N) is 1. The van der Waals surface area contributed by atoms with Crippen LogP contribution >= 0.6 is 15.9 Å². The van der Waals surface area contributed by atoms with Gasteiger partial charge in [0, 0.05) is 29.0 Å². The third kappa shape index (κ3) is 4.86. The molecule has 4 heteroatoms. The van der Waals surface area contributed by atoms with Crippen LogP contribution in [-0.2, 0) is 4.74 Å². The lowest BCUT2D eigenvalue weighted by Crippen LogP contribution is -2.12. The molecule has 0 atom stereocenters. The van der Waals surface area contributed by atoms with E-state index in [1.165, 1.54) is 0 Å². The number of rotatable bonds is 6. The zero-order chi connectivity index (χ0) is 12.0. The molecule has 0 aliphatic carbocycles. The molecule has 0 aromatic heterocycles. The molecule has 3 N–H and O–H groups in total. The Labute approximate surface area is 105 Å². The lowest BCUT2D eigenvalue weighted by molar-refractivity contribution is 0.118. The second-order valence-electron chi connectivity index (χ2n) is 4.13. The fourth-order valence-corrected chi connectivity index (χ4v) is 1.79. The van der Waals surface area contributed by atoms with Gasteiger partial charge in [0.25, 0.3) is 0 Å². The molecule has 0 radical (unpaired) electrons. The fraction of sp³-hybridized carbons (Fsp3) is 0.500. The highest BCUT2D eigenvalue weighted by Crippen LogP contribution is 2.24. The van der Waals surface area contributed by atoms with E-state index in [0.29, 0.717) is 5.92 Å². The van der Waals surface area contributed by atoms with Crippen molar-refractivity contribution in [2.75, 3.05) is 30.8 Å². The van der Waals surface area contributed by atoms with Crippen LogP contribution in [0.4, 0.5) is 11.4 Å². The van der Waals surface area contributed by atoms with E-state index in [1.807, 2.05) is 18.2 Å². The predicted molar refractivity (Wildman–Crippen MR) is 72.7 cm³/mol. The largest absolute Gasteiger partial charge is 0.399 e. The Hall–Kier alpha value is -0.740. The highest BCUT2D eigenvalue weighted by atomic mass is 79.9. The van der Waals surface area contributed by atoms with Crippen molar-refractivity contribution in [3.05, 3.63) is 22.7 Å². The van der Waals surface area contributed by atoms with E-state index < -0.39 is 0 Å². The van der Waals surface area contributed by atoms with Crippen molar-refractivity contribution in [2.24, 2.45) is 5.92 Å². The topological polar surface area (TPSA) is 47.3 Å². The van der Waals surface area contributed by atoms with Gasteiger partial charge in [-0.2, -0.15) is 0 Å². The van der Waals surface area contributed by atoms with Crippen LogP contribution in [0.3, 0.4) is 0 Å². The SMILES string of the molecule is CC(C)COCCNc1ccc(N)cc1Br. The smallest absolute Gasteiger partial charge is 0.0639 e. The van der Waals surface area contributed by atoms with E-state index in [0.717, 1.165) is 35.6 Å². The van der Waals surface area contributed by atoms with Crippen molar-refractivity contribution in [3.8, 4) is 0 Å². The molecule has 1 aromatic rings. The summed E-state index contributed by atoms with van der Waals surface area (Å²) in [7, 11) is 0. The summed E-state index contributed by atoms with van der Waals surface area (Å²) < 4.78 is 6.46. The molecule has 0 saturated carbocycles. The van der Waals surface area contributed by atoms with Crippen LogP contribution in [0.1, 0.15) is 13.8 Å². The molecular formula is C12H19BrN2O. The van der Waals surface area contributed by atoms with E-state index in [1.54, 1.807) is 0 Å². The maximum atomic E-state index is 5.65. The van der Waals surface area contributed by atoms with Crippen molar-refractivity contribution < 1.29 is 4.74 Å². The third-order valence-electron chi connectivity index (χ3n) is 2.01. The Morgan fingerprint density at radius 3 is 2.81 bits per heavy atom. The van der Waals surface area contributed by atoms with Crippen molar-refractivity contribution in [2.45, 2.75) is 13.8 Å². The first-order valence-electron chi connectivity index (χ1n) is 5.46. The molecule has 3 nitrogen and oxygen atoms in total. The Morgan fingerprint density at radius 1 is 1.44 bits per heavy atom. The molecule has 0 aliphatic heterocycles. The van der Waals surface area contributed by atoms with Gasteiger partial charge in [0.1, 0.15) is 0 Å². The minimum atomic E-state index is 0.586. The number of anilines is 2.